The quantitative estimate of drug-likeness (QED) is 0.304. The lowest BCUT2D eigenvalue weighted by Crippen LogP contribution is -2.01. The summed E-state index contributed by atoms with van der Waals surface area (Å²) in [6, 6.07) is 23.2. The lowest BCUT2D eigenvalue weighted by molar-refractivity contribution is 1.65. The van der Waals surface area contributed by atoms with Crippen LogP contribution in [-0.4, -0.2) is 0 Å². The average molecular weight is 352 g/mol. The predicted molar refractivity (Wildman–Crippen MR) is 123 cm³/mol. The zero-order valence-corrected chi connectivity index (χ0v) is 15.2. The van der Waals surface area contributed by atoms with Crippen LogP contribution in [0.2, 0.25) is 0 Å². The van der Waals surface area contributed by atoms with Crippen LogP contribution < -0.4 is 10.4 Å². The lowest BCUT2D eigenvalue weighted by Gasteiger charge is -2.08. The molecule has 5 aromatic carbocycles. The van der Waals surface area contributed by atoms with E-state index >= 15 is 0 Å². The van der Waals surface area contributed by atoms with Gasteiger partial charge in [0.2, 0.25) is 0 Å². The molecule has 0 saturated heterocycles. The van der Waals surface area contributed by atoms with Crippen molar-refractivity contribution in [3.8, 4) is 0 Å². The Kier molecular flexibility index (Phi) is 2.57. The third-order valence-electron chi connectivity index (χ3n) is 6.21. The fourth-order valence-corrected chi connectivity index (χ4v) is 4.76. The summed E-state index contributed by atoms with van der Waals surface area (Å²) in [7, 11) is 0. The summed E-state index contributed by atoms with van der Waals surface area (Å²) in [5, 5.41) is 13.1. The Balaban J connectivity index is 1.56. The van der Waals surface area contributed by atoms with Gasteiger partial charge < -0.3 is 0 Å². The average Bonchev–Trinajstić information content (AvgIpc) is 3.33. The van der Waals surface area contributed by atoms with Crippen LogP contribution in [-0.2, 0) is 0 Å². The summed E-state index contributed by atoms with van der Waals surface area (Å²) in [6.45, 7) is 0. The number of hydrogen-bond acceptors (Lipinski definition) is 0. The summed E-state index contributed by atoms with van der Waals surface area (Å²) < 4.78 is 0. The Morgan fingerprint density at radius 3 is 1.04 bits per heavy atom. The van der Waals surface area contributed by atoms with Gasteiger partial charge in [0.15, 0.2) is 0 Å². The van der Waals surface area contributed by atoms with E-state index in [4.69, 9.17) is 0 Å². The van der Waals surface area contributed by atoms with Gasteiger partial charge >= 0.3 is 0 Å². The molecule has 0 unspecified atom stereocenters. The van der Waals surface area contributed by atoms with Gasteiger partial charge in [-0.25, -0.2) is 0 Å². The van der Waals surface area contributed by atoms with E-state index in [2.05, 4.69) is 97.1 Å². The second-order valence-corrected chi connectivity index (χ2v) is 7.96. The minimum Gasteiger partial charge on any atom is -0.0610 e. The number of hydrogen-bond donors (Lipinski definition) is 0. The van der Waals surface area contributed by atoms with Gasteiger partial charge in [0.05, 0.1) is 0 Å². The Labute approximate surface area is 162 Å². The summed E-state index contributed by atoms with van der Waals surface area (Å²) in [5.74, 6) is 0. The van der Waals surface area contributed by atoms with Crippen molar-refractivity contribution >= 4 is 67.4 Å². The van der Waals surface area contributed by atoms with Crippen LogP contribution in [0.4, 0.5) is 0 Å². The molecule has 0 aliphatic heterocycles. The molecule has 0 bridgehead atoms. The summed E-state index contributed by atoms with van der Waals surface area (Å²) in [4.78, 5) is 0. The molecular weight excluding hydrogens is 336 g/mol. The fourth-order valence-electron chi connectivity index (χ4n) is 4.76. The first-order valence-corrected chi connectivity index (χ1v) is 9.76. The van der Waals surface area contributed by atoms with Crippen LogP contribution in [0.15, 0.2) is 72.8 Å². The Hall–Kier alpha value is -3.64. The van der Waals surface area contributed by atoms with E-state index in [0.29, 0.717) is 0 Å². The molecule has 0 saturated carbocycles. The maximum Gasteiger partial charge on any atom is -0.0171 e. The molecule has 0 heterocycles. The highest BCUT2D eigenvalue weighted by atomic mass is 14.1. The van der Waals surface area contributed by atoms with Gasteiger partial charge in [0.1, 0.15) is 0 Å². The van der Waals surface area contributed by atoms with Gasteiger partial charge in [-0.1, -0.05) is 36.5 Å². The third kappa shape index (κ3) is 1.95. The number of benzene rings is 5. The molecular formula is C28H16. The first kappa shape index (κ1) is 14.4. The van der Waals surface area contributed by atoms with Crippen LogP contribution in [0.1, 0.15) is 11.1 Å². The zero-order chi connectivity index (χ0) is 18.2. The van der Waals surface area contributed by atoms with Gasteiger partial charge in [-0.2, -0.15) is 0 Å². The fraction of sp³-hybridized carbons (Fsp3) is 0. The number of allylic oxidation sites excluding steroid dienone is 2. The van der Waals surface area contributed by atoms with Gasteiger partial charge in [-0.3, -0.25) is 0 Å². The van der Waals surface area contributed by atoms with Crippen molar-refractivity contribution in [1.29, 1.82) is 0 Å². The minimum absolute atomic E-state index is 1.31. The molecule has 0 amide bonds. The molecule has 0 aromatic heterocycles. The molecule has 0 N–H and O–H groups in total. The molecule has 5 aromatic rings. The SMILES string of the molecule is C1=Cc2cc3cc4cc5cc6cc7c(cc6cc5cc4cc3cc2=C1)C=CC=7. The van der Waals surface area contributed by atoms with Gasteiger partial charge in [-0.05, 0) is 125 Å². The molecule has 0 fully saturated rings. The Bertz CT molecular complexity index is 1560. The molecule has 0 heteroatoms. The van der Waals surface area contributed by atoms with E-state index in [1.807, 2.05) is 0 Å². The second kappa shape index (κ2) is 4.99. The Morgan fingerprint density at radius 1 is 0.321 bits per heavy atom. The van der Waals surface area contributed by atoms with Crippen LogP contribution in [0.3, 0.4) is 0 Å². The Morgan fingerprint density at radius 2 is 0.643 bits per heavy atom. The van der Waals surface area contributed by atoms with Gasteiger partial charge in [0, 0.05) is 0 Å². The van der Waals surface area contributed by atoms with Crippen LogP contribution in [0.5, 0.6) is 0 Å². The van der Waals surface area contributed by atoms with E-state index in [1.165, 1.54) is 64.7 Å². The highest BCUT2D eigenvalue weighted by Crippen LogP contribution is 2.30. The lowest BCUT2D eigenvalue weighted by atomic mass is 9.96. The standard InChI is InChI=1S/C28H16/c1-3-17-7-21-11-25-15-27-13-23-9-19-5-2-6-20(19)10-24(23)14-28(27)16-26(25)12-22(21)8-18(17)4-1/h1-16H. The molecule has 128 valence electrons. The van der Waals surface area contributed by atoms with Gasteiger partial charge in [0.25, 0.3) is 0 Å². The molecule has 0 radical (unpaired) electrons. The van der Waals surface area contributed by atoms with E-state index in [1.54, 1.807) is 0 Å². The van der Waals surface area contributed by atoms with Crippen molar-refractivity contribution in [2.45, 2.75) is 0 Å². The molecule has 7 rings (SSSR count). The molecule has 0 spiro atoms. The second-order valence-electron chi connectivity index (χ2n) is 7.96. The minimum atomic E-state index is 1.31. The van der Waals surface area contributed by atoms with Crippen molar-refractivity contribution in [3.63, 3.8) is 0 Å². The van der Waals surface area contributed by atoms with Crippen molar-refractivity contribution in [3.05, 3.63) is 94.4 Å². The third-order valence-corrected chi connectivity index (χ3v) is 6.21. The molecule has 2 aliphatic carbocycles. The number of fused-ring (bicyclic) bond motifs is 6. The normalized spacial score (nSPS) is 14.0. The first-order valence-electron chi connectivity index (χ1n) is 9.76. The zero-order valence-electron chi connectivity index (χ0n) is 15.2. The van der Waals surface area contributed by atoms with Crippen molar-refractivity contribution in [2.24, 2.45) is 0 Å². The van der Waals surface area contributed by atoms with Crippen molar-refractivity contribution in [2.75, 3.05) is 0 Å². The summed E-state index contributed by atoms with van der Waals surface area (Å²) >= 11 is 0. The van der Waals surface area contributed by atoms with E-state index in [-0.39, 0.29) is 0 Å². The largest absolute Gasteiger partial charge is 0.0610 e. The van der Waals surface area contributed by atoms with Crippen LogP contribution in [0.25, 0.3) is 67.4 Å². The smallest absolute Gasteiger partial charge is 0.0171 e. The van der Waals surface area contributed by atoms with Crippen molar-refractivity contribution < 1.29 is 0 Å². The summed E-state index contributed by atoms with van der Waals surface area (Å²) in [5.41, 5.74) is 2.63. The maximum absolute atomic E-state index is 2.34. The monoisotopic (exact) mass is 352 g/mol. The topological polar surface area (TPSA) is 0 Å². The molecule has 0 nitrogen and oxygen atoms in total. The van der Waals surface area contributed by atoms with E-state index in [9.17, 15) is 0 Å². The maximum atomic E-state index is 2.34. The van der Waals surface area contributed by atoms with Crippen molar-refractivity contribution in [1.82, 2.24) is 0 Å². The molecule has 2 aliphatic rings. The van der Waals surface area contributed by atoms with Crippen LogP contribution >= 0.6 is 0 Å². The summed E-state index contributed by atoms with van der Waals surface area (Å²) in [6.07, 6.45) is 13.0. The van der Waals surface area contributed by atoms with E-state index < -0.39 is 0 Å². The number of rotatable bonds is 0. The molecule has 28 heavy (non-hydrogen) atoms. The highest BCUT2D eigenvalue weighted by Gasteiger charge is 2.07. The first-order chi connectivity index (χ1) is 13.8. The van der Waals surface area contributed by atoms with E-state index in [0.717, 1.165) is 0 Å². The highest BCUT2D eigenvalue weighted by molar-refractivity contribution is 6.08. The van der Waals surface area contributed by atoms with Crippen LogP contribution in [0, 0.1) is 0 Å². The molecule has 0 atom stereocenters. The van der Waals surface area contributed by atoms with Gasteiger partial charge in [-0.15, -0.1) is 0 Å². The predicted octanol–water partition coefficient (Wildman–Crippen LogP) is 5.91.